The first-order valence-electron chi connectivity index (χ1n) is 6.24. The highest BCUT2D eigenvalue weighted by molar-refractivity contribution is 8.00. The number of rotatable bonds is 7. The molecule has 0 N–H and O–H groups in total. The van der Waals surface area contributed by atoms with E-state index in [0.717, 1.165) is 26.2 Å². The third-order valence-electron chi connectivity index (χ3n) is 3.13. The summed E-state index contributed by atoms with van der Waals surface area (Å²) in [6.07, 6.45) is 2.93. The molecule has 1 fully saturated rings. The Morgan fingerprint density at radius 1 is 1.56 bits per heavy atom. The molecule has 0 radical (unpaired) electrons. The number of thioether (sulfide) groups is 1. The number of carbonyl (C=O) groups is 1. The van der Waals surface area contributed by atoms with Gasteiger partial charge in [-0.3, -0.25) is 4.79 Å². The maximum absolute atomic E-state index is 12.0. The molecule has 0 aromatic carbocycles. The lowest BCUT2D eigenvalue weighted by molar-refractivity contribution is -0.145. The van der Waals surface area contributed by atoms with Gasteiger partial charge in [-0.25, -0.2) is 0 Å². The number of ether oxygens (including phenoxy) is 1. The van der Waals surface area contributed by atoms with Crippen molar-refractivity contribution in [3.05, 3.63) is 22.4 Å². The molecule has 1 aliphatic rings. The summed E-state index contributed by atoms with van der Waals surface area (Å²) in [5.41, 5.74) is 0. The Labute approximate surface area is 117 Å². The second kappa shape index (κ2) is 6.59. The van der Waals surface area contributed by atoms with E-state index in [1.165, 1.54) is 4.88 Å². The lowest BCUT2D eigenvalue weighted by Crippen LogP contribution is -2.57. The van der Waals surface area contributed by atoms with E-state index in [9.17, 15) is 4.79 Å². The lowest BCUT2D eigenvalue weighted by Gasteiger charge is -2.46. The Morgan fingerprint density at radius 2 is 2.39 bits per heavy atom. The fraction of sp³-hybridized carbons (Fsp3) is 0.615. The third kappa shape index (κ3) is 2.73. The number of carbonyl (C=O) groups excluding carboxylic acids is 1. The number of β-lactam (4-membered cyclic amide) rings is 1. The maximum Gasteiger partial charge on any atom is 0.238 e. The number of likely N-dealkylation sites (tertiary alicyclic amines) is 1. The fourth-order valence-electron chi connectivity index (χ4n) is 2.24. The number of hydrogen-bond donors (Lipinski definition) is 0. The van der Waals surface area contributed by atoms with E-state index in [4.69, 9.17) is 4.74 Å². The van der Waals surface area contributed by atoms with Gasteiger partial charge in [-0.05, 0) is 31.0 Å². The van der Waals surface area contributed by atoms with Crippen LogP contribution in [-0.4, -0.2) is 42.1 Å². The van der Waals surface area contributed by atoms with Gasteiger partial charge in [0, 0.05) is 24.6 Å². The number of thiophene rings is 1. The first-order valence-corrected chi connectivity index (χ1v) is 8.40. The number of amides is 1. The first-order chi connectivity index (χ1) is 8.79. The highest BCUT2D eigenvalue weighted by atomic mass is 32.2. The molecule has 2 heterocycles. The second-order valence-corrected chi connectivity index (χ2v) is 6.16. The van der Waals surface area contributed by atoms with Crippen LogP contribution in [0.4, 0.5) is 0 Å². The average Bonchev–Trinajstić information content (AvgIpc) is 2.88. The van der Waals surface area contributed by atoms with Crippen molar-refractivity contribution < 1.29 is 9.53 Å². The third-order valence-corrected chi connectivity index (χ3v) is 5.04. The summed E-state index contributed by atoms with van der Waals surface area (Å²) in [4.78, 5) is 15.3. The van der Waals surface area contributed by atoms with E-state index in [1.807, 2.05) is 18.1 Å². The van der Waals surface area contributed by atoms with Crippen molar-refractivity contribution in [2.24, 2.45) is 0 Å². The van der Waals surface area contributed by atoms with Gasteiger partial charge < -0.3 is 9.64 Å². The molecule has 18 heavy (non-hydrogen) atoms. The summed E-state index contributed by atoms with van der Waals surface area (Å²) in [5, 5.41) is 2.18. The molecule has 1 aliphatic heterocycles. The van der Waals surface area contributed by atoms with Crippen LogP contribution in [0.2, 0.25) is 0 Å². The molecule has 3 nitrogen and oxygen atoms in total. The van der Waals surface area contributed by atoms with Crippen molar-refractivity contribution in [1.29, 1.82) is 0 Å². The van der Waals surface area contributed by atoms with E-state index in [1.54, 1.807) is 23.1 Å². The molecule has 2 rings (SSSR count). The van der Waals surface area contributed by atoms with Gasteiger partial charge in [0.25, 0.3) is 0 Å². The molecule has 5 heteroatoms. The highest BCUT2D eigenvalue weighted by Crippen LogP contribution is 2.42. The fourth-order valence-corrected chi connectivity index (χ4v) is 4.09. The minimum atomic E-state index is 0.107. The Morgan fingerprint density at radius 3 is 3.00 bits per heavy atom. The van der Waals surface area contributed by atoms with Gasteiger partial charge in [0.15, 0.2) is 0 Å². The van der Waals surface area contributed by atoms with Crippen LogP contribution in [-0.2, 0) is 9.53 Å². The summed E-state index contributed by atoms with van der Waals surface area (Å²) in [7, 11) is 0. The van der Waals surface area contributed by atoms with E-state index in [0.29, 0.717) is 0 Å². The van der Waals surface area contributed by atoms with Gasteiger partial charge in [0.1, 0.15) is 5.25 Å². The van der Waals surface area contributed by atoms with Crippen LogP contribution in [0.5, 0.6) is 0 Å². The first kappa shape index (κ1) is 13.9. The molecular formula is C13H19NO2S2. The largest absolute Gasteiger partial charge is 0.382 e. The Kier molecular flexibility index (Phi) is 5.09. The van der Waals surface area contributed by atoms with Crippen LogP contribution in [0.25, 0.3) is 0 Å². The van der Waals surface area contributed by atoms with Gasteiger partial charge in [-0.2, -0.15) is 0 Å². The normalized spacial score (nSPS) is 23.2. The van der Waals surface area contributed by atoms with Crippen LogP contribution >= 0.6 is 23.1 Å². The Bertz CT molecular complexity index is 380. The SMILES string of the molecule is CCOCCCN1C(=O)C(SC)C1c1cccs1. The average molecular weight is 285 g/mol. The van der Waals surface area contributed by atoms with Gasteiger partial charge in [0.2, 0.25) is 5.91 Å². The van der Waals surface area contributed by atoms with Gasteiger partial charge in [-0.1, -0.05) is 6.07 Å². The van der Waals surface area contributed by atoms with Crippen molar-refractivity contribution in [2.45, 2.75) is 24.6 Å². The molecule has 0 aliphatic carbocycles. The van der Waals surface area contributed by atoms with Gasteiger partial charge in [-0.15, -0.1) is 23.1 Å². The Balaban J connectivity index is 1.94. The zero-order valence-corrected chi connectivity index (χ0v) is 12.4. The Hall–Kier alpha value is -0.520. The molecular weight excluding hydrogens is 266 g/mol. The number of nitrogens with zero attached hydrogens (tertiary/aromatic N) is 1. The standard InChI is InChI=1S/C13H19NO2S2/c1-3-16-8-5-7-14-11(10-6-4-9-18-10)12(17-2)13(14)15/h4,6,9,11-12H,3,5,7-8H2,1-2H3. The molecule has 1 aromatic rings. The lowest BCUT2D eigenvalue weighted by atomic mass is 9.99. The van der Waals surface area contributed by atoms with Crippen molar-refractivity contribution in [2.75, 3.05) is 26.0 Å². The smallest absolute Gasteiger partial charge is 0.238 e. The topological polar surface area (TPSA) is 29.5 Å². The summed E-state index contributed by atoms with van der Waals surface area (Å²) in [6, 6.07) is 4.45. The van der Waals surface area contributed by atoms with Crippen molar-refractivity contribution in [1.82, 2.24) is 4.90 Å². The summed E-state index contributed by atoms with van der Waals surface area (Å²) in [5.74, 6) is 0.275. The quantitative estimate of drug-likeness (QED) is 0.570. The summed E-state index contributed by atoms with van der Waals surface area (Å²) >= 11 is 3.39. The molecule has 0 saturated carbocycles. The monoisotopic (exact) mass is 285 g/mol. The van der Waals surface area contributed by atoms with Crippen LogP contribution in [0.1, 0.15) is 24.3 Å². The predicted octanol–water partition coefficient (Wildman–Crippen LogP) is 2.79. The molecule has 1 saturated heterocycles. The molecule has 1 amide bonds. The molecule has 2 unspecified atom stereocenters. The maximum atomic E-state index is 12.0. The van der Waals surface area contributed by atoms with Gasteiger partial charge in [0.05, 0.1) is 6.04 Å². The van der Waals surface area contributed by atoms with Gasteiger partial charge >= 0.3 is 0 Å². The molecule has 1 aromatic heterocycles. The van der Waals surface area contributed by atoms with Crippen LogP contribution < -0.4 is 0 Å². The number of hydrogen-bond acceptors (Lipinski definition) is 4. The van der Waals surface area contributed by atoms with E-state index >= 15 is 0 Å². The molecule has 2 atom stereocenters. The molecule has 0 spiro atoms. The zero-order valence-electron chi connectivity index (χ0n) is 10.8. The summed E-state index contributed by atoms with van der Waals surface area (Å²) < 4.78 is 5.33. The molecule has 100 valence electrons. The minimum Gasteiger partial charge on any atom is -0.382 e. The second-order valence-electron chi connectivity index (χ2n) is 4.20. The van der Waals surface area contributed by atoms with E-state index in [-0.39, 0.29) is 17.2 Å². The van der Waals surface area contributed by atoms with Crippen molar-refractivity contribution in [3.63, 3.8) is 0 Å². The van der Waals surface area contributed by atoms with Crippen LogP contribution in [0, 0.1) is 0 Å². The zero-order chi connectivity index (χ0) is 13.0. The van der Waals surface area contributed by atoms with Crippen molar-refractivity contribution >= 4 is 29.0 Å². The molecule has 0 bridgehead atoms. The van der Waals surface area contributed by atoms with Crippen LogP contribution in [0.15, 0.2) is 17.5 Å². The summed E-state index contributed by atoms with van der Waals surface area (Å²) in [6.45, 7) is 4.28. The van der Waals surface area contributed by atoms with E-state index < -0.39 is 0 Å². The van der Waals surface area contributed by atoms with Crippen molar-refractivity contribution in [3.8, 4) is 0 Å². The van der Waals surface area contributed by atoms with Crippen LogP contribution in [0.3, 0.4) is 0 Å². The highest BCUT2D eigenvalue weighted by Gasteiger charge is 2.47. The predicted molar refractivity (Wildman–Crippen MR) is 77.2 cm³/mol. The minimum absolute atomic E-state index is 0.107. The van der Waals surface area contributed by atoms with E-state index in [2.05, 4.69) is 17.5 Å².